The number of ether oxygens (including phenoxy) is 2. The number of aromatic amines is 1. The van der Waals surface area contributed by atoms with Crippen LogP contribution in [0.2, 0.25) is 0 Å². The third kappa shape index (κ3) is 5.70. The molecule has 1 aromatic heterocycles. The summed E-state index contributed by atoms with van der Waals surface area (Å²) in [5, 5.41) is 6.64. The van der Waals surface area contributed by atoms with Gasteiger partial charge in [-0.25, -0.2) is 0 Å². The number of methoxy groups -OCH3 is 2. The Morgan fingerprint density at radius 2 is 1.66 bits per heavy atom. The van der Waals surface area contributed by atoms with Crippen LogP contribution < -0.4 is 20.1 Å². The zero-order chi connectivity index (χ0) is 24.6. The van der Waals surface area contributed by atoms with Gasteiger partial charge in [0.15, 0.2) is 11.5 Å². The van der Waals surface area contributed by atoms with E-state index < -0.39 is 0 Å². The van der Waals surface area contributed by atoms with Crippen molar-refractivity contribution in [1.82, 2.24) is 15.6 Å². The molecule has 178 valence electrons. The minimum atomic E-state index is -0.375. The van der Waals surface area contributed by atoms with Crippen molar-refractivity contribution in [3.8, 4) is 11.5 Å². The van der Waals surface area contributed by atoms with Crippen molar-refractivity contribution in [1.29, 1.82) is 0 Å². The van der Waals surface area contributed by atoms with E-state index in [2.05, 4.69) is 15.6 Å². The van der Waals surface area contributed by atoms with Crippen molar-refractivity contribution in [3.63, 3.8) is 0 Å². The Hall–Kier alpha value is -4.52. The molecular weight excluding hydrogens is 442 g/mol. The van der Waals surface area contributed by atoms with Gasteiger partial charge in [0.1, 0.15) is 5.70 Å². The summed E-state index contributed by atoms with van der Waals surface area (Å²) >= 11 is 0. The molecule has 0 radical (unpaired) electrons. The quantitative estimate of drug-likeness (QED) is 0.319. The molecule has 3 aromatic carbocycles. The molecule has 7 heteroatoms. The Bertz CT molecular complexity index is 1360. The van der Waals surface area contributed by atoms with E-state index in [0.29, 0.717) is 30.0 Å². The molecule has 0 saturated carbocycles. The molecule has 0 aliphatic carbocycles. The van der Waals surface area contributed by atoms with E-state index in [-0.39, 0.29) is 17.5 Å². The average Bonchev–Trinajstić information content (AvgIpc) is 3.31. The third-order valence-electron chi connectivity index (χ3n) is 5.60. The first-order chi connectivity index (χ1) is 17.1. The Morgan fingerprint density at radius 1 is 0.914 bits per heavy atom. The lowest BCUT2D eigenvalue weighted by molar-refractivity contribution is -0.117. The molecule has 3 N–H and O–H groups in total. The molecule has 0 fully saturated rings. The molecular formula is C28H27N3O4. The van der Waals surface area contributed by atoms with Crippen molar-refractivity contribution in [2.75, 3.05) is 20.8 Å². The van der Waals surface area contributed by atoms with Crippen LogP contribution in [0.1, 0.15) is 21.5 Å². The van der Waals surface area contributed by atoms with Gasteiger partial charge in [-0.2, -0.15) is 0 Å². The van der Waals surface area contributed by atoms with Crippen LogP contribution in [-0.2, 0) is 11.2 Å². The predicted molar refractivity (Wildman–Crippen MR) is 136 cm³/mol. The molecule has 4 aromatic rings. The summed E-state index contributed by atoms with van der Waals surface area (Å²) in [6, 6.07) is 22.2. The fraction of sp³-hybridized carbons (Fsp3) is 0.143. The average molecular weight is 470 g/mol. The van der Waals surface area contributed by atoms with Gasteiger partial charge in [0, 0.05) is 34.8 Å². The second-order valence-corrected chi connectivity index (χ2v) is 7.86. The first kappa shape index (κ1) is 23.6. The molecule has 1 heterocycles. The number of H-pyrrole nitrogens is 1. The number of carbonyl (C=O) groups is 2. The number of hydrogen-bond donors (Lipinski definition) is 3. The number of rotatable bonds is 9. The van der Waals surface area contributed by atoms with Crippen LogP contribution in [0.5, 0.6) is 11.5 Å². The van der Waals surface area contributed by atoms with E-state index in [1.54, 1.807) is 44.6 Å². The van der Waals surface area contributed by atoms with Gasteiger partial charge in [-0.3, -0.25) is 9.59 Å². The summed E-state index contributed by atoms with van der Waals surface area (Å²) in [5.74, 6) is 0.547. The second-order valence-electron chi connectivity index (χ2n) is 7.86. The van der Waals surface area contributed by atoms with Gasteiger partial charge >= 0.3 is 0 Å². The first-order valence-electron chi connectivity index (χ1n) is 11.2. The Balaban J connectivity index is 1.52. The van der Waals surface area contributed by atoms with E-state index in [0.717, 1.165) is 22.0 Å². The maximum Gasteiger partial charge on any atom is 0.267 e. The molecule has 0 unspecified atom stereocenters. The van der Waals surface area contributed by atoms with Crippen molar-refractivity contribution in [2.45, 2.75) is 6.42 Å². The molecule has 7 nitrogen and oxygen atoms in total. The van der Waals surface area contributed by atoms with Gasteiger partial charge in [-0.15, -0.1) is 0 Å². The number of benzene rings is 3. The lowest BCUT2D eigenvalue weighted by Gasteiger charge is -2.12. The normalized spacial score (nSPS) is 11.2. The summed E-state index contributed by atoms with van der Waals surface area (Å²) in [7, 11) is 3.17. The Morgan fingerprint density at radius 3 is 2.43 bits per heavy atom. The van der Waals surface area contributed by atoms with E-state index >= 15 is 0 Å². The zero-order valence-corrected chi connectivity index (χ0v) is 19.6. The monoisotopic (exact) mass is 469 g/mol. The minimum absolute atomic E-state index is 0.163. The number of nitrogens with one attached hydrogen (secondary N) is 3. The molecule has 0 atom stereocenters. The molecule has 2 amide bonds. The standard InChI is InChI=1S/C28H27N3O4/c1-34-25-13-12-19(16-26(25)35-2)14-15-29-28(33)24(31-27(32)20-8-4-3-5-9-20)17-21-18-30-23-11-7-6-10-22(21)23/h3-13,16-18,30H,14-15H2,1-2H3,(H,29,33)(H,31,32). The zero-order valence-electron chi connectivity index (χ0n) is 19.6. The summed E-state index contributed by atoms with van der Waals surface area (Å²) in [6.07, 6.45) is 4.08. The highest BCUT2D eigenvalue weighted by Crippen LogP contribution is 2.27. The van der Waals surface area contributed by atoms with Crippen molar-refractivity contribution >= 4 is 28.8 Å². The topological polar surface area (TPSA) is 92.5 Å². The van der Waals surface area contributed by atoms with Crippen molar-refractivity contribution in [2.24, 2.45) is 0 Å². The Kier molecular flexibility index (Phi) is 7.47. The van der Waals surface area contributed by atoms with Crippen LogP contribution in [0.4, 0.5) is 0 Å². The summed E-state index contributed by atoms with van der Waals surface area (Å²) < 4.78 is 10.6. The highest BCUT2D eigenvalue weighted by molar-refractivity contribution is 6.06. The molecule has 0 saturated heterocycles. The number of fused-ring (bicyclic) bond motifs is 1. The smallest absolute Gasteiger partial charge is 0.267 e. The number of para-hydroxylation sites is 1. The van der Waals surface area contributed by atoms with Crippen molar-refractivity contribution in [3.05, 3.63) is 101 Å². The van der Waals surface area contributed by atoms with Crippen LogP contribution in [0.25, 0.3) is 17.0 Å². The largest absolute Gasteiger partial charge is 0.493 e. The lowest BCUT2D eigenvalue weighted by atomic mass is 10.1. The van der Waals surface area contributed by atoms with E-state index in [9.17, 15) is 9.59 Å². The second kappa shape index (κ2) is 11.1. The maximum absolute atomic E-state index is 13.1. The van der Waals surface area contributed by atoms with Crippen LogP contribution >= 0.6 is 0 Å². The van der Waals surface area contributed by atoms with Crippen molar-refractivity contribution < 1.29 is 19.1 Å². The highest BCUT2D eigenvalue weighted by atomic mass is 16.5. The molecule has 0 spiro atoms. The maximum atomic E-state index is 13.1. The van der Waals surface area contributed by atoms with E-state index in [1.807, 2.05) is 54.7 Å². The molecule has 35 heavy (non-hydrogen) atoms. The molecule has 0 aliphatic heterocycles. The summed E-state index contributed by atoms with van der Waals surface area (Å²) in [5.41, 5.74) is 3.37. The van der Waals surface area contributed by atoms with Gasteiger partial charge in [-0.05, 0) is 48.4 Å². The van der Waals surface area contributed by atoms with Gasteiger partial charge < -0.3 is 25.1 Å². The van der Waals surface area contributed by atoms with Gasteiger partial charge in [-0.1, -0.05) is 42.5 Å². The molecule has 0 aliphatic rings. The fourth-order valence-electron chi connectivity index (χ4n) is 3.76. The lowest BCUT2D eigenvalue weighted by Crippen LogP contribution is -2.35. The molecule has 0 bridgehead atoms. The van der Waals surface area contributed by atoms with Gasteiger partial charge in [0.05, 0.1) is 14.2 Å². The van der Waals surface area contributed by atoms with Crippen LogP contribution in [0.3, 0.4) is 0 Å². The van der Waals surface area contributed by atoms with E-state index in [1.165, 1.54) is 0 Å². The number of carbonyl (C=O) groups excluding carboxylic acids is 2. The molecule has 4 rings (SSSR count). The highest BCUT2D eigenvalue weighted by Gasteiger charge is 2.15. The third-order valence-corrected chi connectivity index (χ3v) is 5.60. The van der Waals surface area contributed by atoms with Crippen LogP contribution in [0, 0.1) is 0 Å². The number of hydrogen-bond acceptors (Lipinski definition) is 4. The van der Waals surface area contributed by atoms with Crippen LogP contribution in [0.15, 0.2) is 84.7 Å². The summed E-state index contributed by atoms with van der Waals surface area (Å²) in [4.78, 5) is 29.1. The fourth-order valence-corrected chi connectivity index (χ4v) is 3.76. The first-order valence-corrected chi connectivity index (χ1v) is 11.2. The Labute approximate surface area is 203 Å². The SMILES string of the molecule is COc1ccc(CCNC(=O)C(=Cc2c[nH]c3ccccc23)NC(=O)c2ccccc2)cc1OC. The number of aromatic nitrogens is 1. The summed E-state index contributed by atoms with van der Waals surface area (Å²) in [6.45, 7) is 0.376. The van der Waals surface area contributed by atoms with E-state index in [4.69, 9.17) is 9.47 Å². The van der Waals surface area contributed by atoms with Gasteiger partial charge in [0.25, 0.3) is 11.8 Å². The van der Waals surface area contributed by atoms with Crippen LogP contribution in [-0.4, -0.2) is 37.6 Å². The predicted octanol–water partition coefficient (Wildman–Crippen LogP) is 4.31. The minimum Gasteiger partial charge on any atom is -0.493 e. The number of amides is 2. The van der Waals surface area contributed by atoms with Gasteiger partial charge in [0.2, 0.25) is 0 Å².